The first-order valence-corrected chi connectivity index (χ1v) is 5.58. The average molecular weight is 220 g/mol. The first-order chi connectivity index (χ1) is 7.72. The lowest BCUT2D eigenvalue weighted by Gasteiger charge is -2.14. The molecule has 2 rings (SSSR count). The summed E-state index contributed by atoms with van der Waals surface area (Å²) in [5.41, 5.74) is 1.15. The SMILES string of the molecule is COc1ccccc1[C@H]1CC[C@@H](C(=O)O)C1. The molecule has 0 aromatic heterocycles. The fraction of sp³-hybridized carbons (Fsp3) is 0.462. The molecule has 1 aromatic carbocycles. The van der Waals surface area contributed by atoms with Gasteiger partial charge >= 0.3 is 5.97 Å². The molecule has 0 saturated heterocycles. The summed E-state index contributed by atoms with van der Waals surface area (Å²) in [5, 5.41) is 8.97. The molecular weight excluding hydrogens is 204 g/mol. The lowest BCUT2D eigenvalue weighted by molar-refractivity contribution is -0.141. The van der Waals surface area contributed by atoms with Gasteiger partial charge in [0.25, 0.3) is 0 Å². The molecular formula is C13H16O3. The van der Waals surface area contributed by atoms with Gasteiger partial charge in [0.15, 0.2) is 0 Å². The van der Waals surface area contributed by atoms with Gasteiger partial charge in [-0.2, -0.15) is 0 Å². The van der Waals surface area contributed by atoms with Crippen LogP contribution in [0.2, 0.25) is 0 Å². The summed E-state index contributed by atoms with van der Waals surface area (Å²) in [7, 11) is 1.66. The summed E-state index contributed by atoms with van der Waals surface area (Å²) in [4.78, 5) is 10.9. The third-order valence-corrected chi connectivity index (χ3v) is 3.36. The van der Waals surface area contributed by atoms with E-state index in [1.165, 1.54) is 0 Å². The van der Waals surface area contributed by atoms with Gasteiger partial charge in [0.1, 0.15) is 5.75 Å². The van der Waals surface area contributed by atoms with Crippen LogP contribution in [0.1, 0.15) is 30.7 Å². The van der Waals surface area contributed by atoms with Gasteiger partial charge in [-0.25, -0.2) is 0 Å². The monoisotopic (exact) mass is 220 g/mol. The molecule has 0 spiro atoms. The average Bonchev–Trinajstić information content (AvgIpc) is 2.78. The Morgan fingerprint density at radius 3 is 2.75 bits per heavy atom. The van der Waals surface area contributed by atoms with E-state index in [4.69, 9.17) is 9.84 Å². The highest BCUT2D eigenvalue weighted by Crippen LogP contribution is 2.41. The minimum atomic E-state index is -0.669. The van der Waals surface area contributed by atoms with E-state index in [1.807, 2.05) is 24.3 Å². The second kappa shape index (κ2) is 4.56. The number of hydrogen-bond donors (Lipinski definition) is 1. The van der Waals surface area contributed by atoms with Crippen LogP contribution in [0.4, 0.5) is 0 Å². The van der Waals surface area contributed by atoms with Gasteiger partial charge in [-0.1, -0.05) is 18.2 Å². The predicted octanol–water partition coefficient (Wildman–Crippen LogP) is 2.66. The molecule has 1 aliphatic rings. The maximum absolute atomic E-state index is 10.9. The Morgan fingerprint density at radius 1 is 1.38 bits per heavy atom. The van der Waals surface area contributed by atoms with Gasteiger partial charge in [0.05, 0.1) is 13.0 Å². The largest absolute Gasteiger partial charge is 0.496 e. The van der Waals surface area contributed by atoms with Gasteiger partial charge in [-0.15, -0.1) is 0 Å². The van der Waals surface area contributed by atoms with Crippen LogP contribution in [0.15, 0.2) is 24.3 Å². The molecule has 1 aromatic rings. The van der Waals surface area contributed by atoms with E-state index in [0.717, 1.165) is 30.6 Å². The maximum atomic E-state index is 10.9. The zero-order chi connectivity index (χ0) is 11.5. The molecule has 1 fully saturated rings. The summed E-state index contributed by atoms with van der Waals surface area (Å²) in [5.74, 6) is 0.350. The summed E-state index contributed by atoms with van der Waals surface area (Å²) in [6.07, 6.45) is 2.45. The number of ether oxygens (including phenoxy) is 1. The molecule has 3 heteroatoms. The fourth-order valence-electron chi connectivity index (χ4n) is 2.49. The Labute approximate surface area is 95.0 Å². The van der Waals surface area contributed by atoms with Crippen LogP contribution in [0.3, 0.4) is 0 Å². The van der Waals surface area contributed by atoms with Crippen molar-refractivity contribution in [2.24, 2.45) is 5.92 Å². The third-order valence-electron chi connectivity index (χ3n) is 3.36. The van der Waals surface area contributed by atoms with Crippen LogP contribution < -0.4 is 4.74 Å². The van der Waals surface area contributed by atoms with Crippen LogP contribution in [0.25, 0.3) is 0 Å². The molecule has 0 amide bonds. The van der Waals surface area contributed by atoms with Crippen molar-refractivity contribution in [1.29, 1.82) is 0 Å². The molecule has 2 atom stereocenters. The molecule has 3 nitrogen and oxygen atoms in total. The van der Waals surface area contributed by atoms with Gasteiger partial charge in [-0.3, -0.25) is 4.79 Å². The van der Waals surface area contributed by atoms with Crippen molar-refractivity contribution in [1.82, 2.24) is 0 Å². The van der Waals surface area contributed by atoms with E-state index in [9.17, 15) is 4.79 Å². The number of methoxy groups -OCH3 is 1. The van der Waals surface area contributed by atoms with E-state index < -0.39 is 5.97 Å². The highest BCUT2D eigenvalue weighted by Gasteiger charge is 2.31. The normalized spacial score (nSPS) is 24.3. The second-order valence-electron chi connectivity index (χ2n) is 4.29. The lowest BCUT2D eigenvalue weighted by Crippen LogP contribution is -2.09. The predicted molar refractivity (Wildman–Crippen MR) is 60.7 cm³/mol. The van der Waals surface area contributed by atoms with Crippen molar-refractivity contribution in [3.63, 3.8) is 0 Å². The Balaban J connectivity index is 2.17. The molecule has 1 N–H and O–H groups in total. The standard InChI is InChI=1S/C13H16O3/c1-16-12-5-3-2-4-11(12)9-6-7-10(8-9)13(14)15/h2-5,9-10H,6-8H2,1H3,(H,14,15)/t9-,10+/m0/s1. The fourth-order valence-corrected chi connectivity index (χ4v) is 2.49. The van der Waals surface area contributed by atoms with Crippen LogP contribution >= 0.6 is 0 Å². The molecule has 0 radical (unpaired) electrons. The van der Waals surface area contributed by atoms with Crippen LogP contribution in [-0.4, -0.2) is 18.2 Å². The first-order valence-electron chi connectivity index (χ1n) is 5.58. The van der Waals surface area contributed by atoms with Crippen molar-refractivity contribution >= 4 is 5.97 Å². The maximum Gasteiger partial charge on any atom is 0.306 e. The zero-order valence-corrected chi connectivity index (χ0v) is 9.35. The van der Waals surface area contributed by atoms with Crippen molar-refractivity contribution in [3.05, 3.63) is 29.8 Å². The Bertz CT molecular complexity index is 387. The number of benzene rings is 1. The molecule has 0 unspecified atom stereocenters. The first kappa shape index (κ1) is 11.0. The molecule has 0 heterocycles. The summed E-state index contributed by atoms with van der Waals surface area (Å²) < 4.78 is 5.31. The highest BCUT2D eigenvalue weighted by molar-refractivity contribution is 5.70. The van der Waals surface area contributed by atoms with Crippen molar-refractivity contribution < 1.29 is 14.6 Å². The minimum Gasteiger partial charge on any atom is -0.496 e. The van der Waals surface area contributed by atoms with Crippen LogP contribution in [0.5, 0.6) is 5.75 Å². The van der Waals surface area contributed by atoms with E-state index >= 15 is 0 Å². The number of carboxylic acids is 1. The van der Waals surface area contributed by atoms with Crippen molar-refractivity contribution in [2.45, 2.75) is 25.2 Å². The van der Waals surface area contributed by atoms with Crippen LogP contribution in [-0.2, 0) is 4.79 Å². The third kappa shape index (κ3) is 2.03. The number of carboxylic acid groups (broad SMARTS) is 1. The van der Waals surface area contributed by atoms with Gasteiger partial charge in [0.2, 0.25) is 0 Å². The quantitative estimate of drug-likeness (QED) is 0.851. The smallest absolute Gasteiger partial charge is 0.306 e. The number of hydrogen-bond acceptors (Lipinski definition) is 2. The van der Waals surface area contributed by atoms with E-state index in [1.54, 1.807) is 7.11 Å². The lowest BCUT2D eigenvalue weighted by atomic mass is 9.95. The van der Waals surface area contributed by atoms with Gasteiger partial charge in [-0.05, 0) is 36.8 Å². The van der Waals surface area contributed by atoms with Gasteiger partial charge < -0.3 is 9.84 Å². The van der Waals surface area contributed by atoms with Crippen LogP contribution in [0, 0.1) is 5.92 Å². The second-order valence-corrected chi connectivity index (χ2v) is 4.29. The molecule has 0 aliphatic heterocycles. The summed E-state index contributed by atoms with van der Waals surface area (Å²) in [6.45, 7) is 0. The zero-order valence-electron chi connectivity index (χ0n) is 9.35. The topological polar surface area (TPSA) is 46.5 Å². The number of aliphatic carboxylic acids is 1. The van der Waals surface area contributed by atoms with Crippen molar-refractivity contribution in [3.8, 4) is 5.75 Å². The molecule has 1 saturated carbocycles. The highest BCUT2D eigenvalue weighted by atomic mass is 16.5. The number of carbonyl (C=O) groups is 1. The van der Waals surface area contributed by atoms with E-state index in [-0.39, 0.29) is 5.92 Å². The number of rotatable bonds is 3. The summed E-state index contributed by atoms with van der Waals surface area (Å²) in [6, 6.07) is 7.88. The summed E-state index contributed by atoms with van der Waals surface area (Å²) >= 11 is 0. The van der Waals surface area contributed by atoms with Gasteiger partial charge in [0, 0.05) is 0 Å². The van der Waals surface area contributed by atoms with E-state index in [0.29, 0.717) is 5.92 Å². The molecule has 16 heavy (non-hydrogen) atoms. The molecule has 86 valence electrons. The number of para-hydroxylation sites is 1. The Hall–Kier alpha value is -1.51. The van der Waals surface area contributed by atoms with Crippen molar-refractivity contribution in [2.75, 3.05) is 7.11 Å². The molecule has 0 bridgehead atoms. The van der Waals surface area contributed by atoms with E-state index in [2.05, 4.69) is 0 Å². The molecule has 1 aliphatic carbocycles. The Morgan fingerprint density at radius 2 is 2.12 bits per heavy atom. The Kier molecular flexibility index (Phi) is 3.13. The minimum absolute atomic E-state index is 0.185.